The van der Waals surface area contributed by atoms with Crippen LogP contribution >= 0.6 is 27.3 Å². The van der Waals surface area contributed by atoms with Gasteiger partial charge in [-0.25, -0.2) is 4.98 Å². The molecule has 0 radical (unpaired) electrons. The maximum Gasteiger partial charge on any atom is 0.237 e. The van der Waals surface area contributed by atoms with Crippen LogP contribution in [-0.2, 0) is 0 Å². The minimum Gasteiger partial charge on any atom is -0.436 e. The molecule has 4 heterocycles. The lowest BCUT2D eigenvalue weighted by atomic mass is 10.3. The number of nitrogens with zero attached hydrogens (tertiary/aromatic N) is 5. The second kappa shape index (κ2) is 5.47. The minimum absolute atomic E-state index is 0.452. The molecule has 108 valence electrons. The molecular formula is C14H8BrN5OS. The number of rotatable bonds is 3. The maximum atomic E-state index is 5.71. The van der Waals surface area contributed by atoms with E-state index in [2.05, 4.69) is 36.2 Å². The molecule has 8 heteroatoms. The van der Waals surface area contributed by atoms with E-state index in [1.165, 1.54) is 0 Å². The standard InChI is InChI=1S/C14H8BrN5OS/c15-11-2-1-10(7-16-11)21-13-4-3-12-17-18-14(20(12)19-13)9-5-6-22-8-9/h1-8H. The molecule has 0 saturated carbocycles. The van der Waals surface area contributed by atoms with Crippen molar-refractivity contribution in [2.24, 2.45) is 0 Å². The Bertz CT molecular complexity index is 920. The molecule has 4 aromatic heterocycles. The Hall–Kier alpha value is -2.32. The molecular weight excluding hydrogens is 366 g/mol. The van der Waals surface area contributed by atoms with Crippen LogP contribution in [0.3, 0.4) is 0 Å². The van der Waals surface area contributed by atoms with Crippen molar-refractivity contribution in [3.05, 3.63) is 51.9 Å². The molecule has 6 nitrogen and oxygen atoms in total. The summed E-state index contributed by atoms with van der Waals surface area (Å²) in [5, 5.41) is 16.7. The van der Waals surface area contributed by atoms with Gasteiger partial charge < -0.3 is 4.74 Å². The highest BCUT2D eigenvalue weighted by molar-refractivity contribution is 9.10. The van der Waals surface area contributed by atoms with Crippen LogP contribution in [0, 0.1) is 0 Å². The first-order valence-electron chi connectivity index (χ1n) is 6.34. The molecule has 0 aliphatic heterocycles. The normalized spacial score (nSPS) is 11.0. The Balaban J connectivity index is 1.73. The quantitative estimate of drug-likeness (QED) is 0.511. The Morgan fingerprint density at radius 1 is 1.09 bits per heavy atom. The van der Waals surface area contributed by atoms with E-state index in [-0.39, 0.29) is 0 Å². The minimum atomic E-state index is 0.452. The summed E-state index contributed by atoms with van der Waals surface area (Å²) in [4.78, 5) is 4.12. The number of halogens is 1. The zero-order valence-corrected chi connectivity index (χ0v) is 13.5. The molecule has 0 aliphatic rings. The van der Waals surface area contributed by atoms with Gasteiger partial charge in [-0.3, -0.25) is 0 Å². The van der Waals surface area contributed by atoms with Crippen molar-refractivity contribution in [1.82, 2.24) is 24.8 Å². The highest BCUT2D eigenvalue weighted by Gasteiger charge is 2.11. The molecule has 4 aromatic rings. The lowest BCUT2D eigenvalue weighted by molar-refractivity contribution is 0.450. The molecule has 0 bridgehead atoms. The van der Waals surface area contributed by atoms with Gasteiger partial charge in [-0.2, -0.15) is 15.9 Å². The summed E-state index contributed by atoms with van der Waals surface area (Å²) in [6.45, 7) is 0. The summed E-state index contributed by atoms with van der Waals surface area (Å²) < 4.78 is 8.14. The number of ether oxygens (including phenoxy) is 1. The summed E-state index contributed by atoms with van der Waals surface area (Å²) >= 11 is 4.89. The molecule has 22 heavy (non-hydrogen) atoms. The summed E-state index contributed by atoms with van der Waals surface area (Å²) in [6, 6.07) is 9.17. The third-order valence-electron chi connectivity index (χ3n) is 2.94. The van der Waals surface area contributed by atoms with Crippen LogP contribution in [0.2, 0.25) is 0 Å². The van der Waals surface area contributed by atoms with Gasteiger partial charge in [0.1, 0.15) is 10.4 Å². The summed E-state index contributed by atoms with van der Waals surface area (Å²) in [7, 11) is 0. The van der Waals surface area contributed by atoms with E-state index < -0.39 is 0 Å². The van der Waals surface area contributed by atoms with Gasteiger partial charge in [0.05, 0.1) is 6.20 Å². The zero-order chi connectivity index (χ0) is 14.9. The molecule has 0 spiro atoms. The predicted octanol–water partition coefficient (Wildman–Crippen LogP) is 3.80. The second-order valence-corrected chi connectivity index (χ2v) is 5.99. The molecule has 4 rings (SSSR count). The number of hydrogen-bond donors (Lipinski definition) is 0. The van der Waals surface area contributed by atoms with Gasteiger partial charge in [0, 0.05) is 17.0 Å². The van der Waals surface area contributed by atoms with Crippen molar-refractivity contribution in [2.45, 2.75) is 0 Å². The molecule has 0 fully saturated rings. The number of pyridine rings is 1. The Labute approximate surface area is 137 Å². The predicted molar refractivity (Wildman–Crippen MR) is 86.1 cm³/mol. The fourth-order valence-corrected chi connectivity index (χ4v) is 2.81. The average Bonchev–Trinajstić information content (AvgIpc) is 3.18. The second-order valence-electron chi connectivity index (χ2n) is 4.40. The van der Waals surface area contributed by atoms with E-state index in [9.17, 15) is 0 Å². The number of fused-ring (bicyclic) bond motifs is 1. The van der Waals surface area contributed by atoms with E-state index in [1.807, 2.05) is 35.0 Å². The molecule has 0 unspecified atom stereocenters. The molecule has 0 aliphatic carbocycles. The van der Waals surface area contributed by atoms with Crippen LogP contribution in [0.5, 0.6) is 11.6 Å². The lowest BCUT2D eigenvalue weighted by Crippen LogP contribution is -1.97. The average molecular weight is 374 g/mol. The Morgan fingerprint density at radius 3 is 2.82 bits per heavy atom. The largest absolute Gasteiger partial charge is 0.436 e. The monoisotopic (exact) mass is 373 g/mol. The fraction of sp³-hybridized carbons (Fsp3) is 0. The van der Waals surface area contributed by atoms with Gasteiger partial charge >= 0.3 is 0 Å². The Morgan fingerprint density at radius 2 is 2.05 bits per heavy atom. The van der Waals surface area contributed by atoms with Gasteiger partial charge in [-0.15, -0.1) is 15.3 Å². The van der Waals surface area contributed by atoms with Crippen LogP contribution in [0.1, 0.15) is 0 Å². The van der Waals surface area contributed by atoms with Crippen LogP contribution in [0.4, 0.5) is 0 Å². The van der Waals surface area contributed by atoms with Crippen LogP contribution < -0.4 is 4.74 Å². The fourth-order valence-electron chi connectivity index (χ4n) is 1.94. The van der Waals surface area contributed by atoms with E-state index in [1.54, 1.807) is 28.1 Å². The topological polar surface area (TPSA) is 65.2 Å². The smallest absolute Gasteiger partial charge is 0.237 e. The van der Waals surface area contributed by atoms with E-state index in [4.69, 9.17) is 4.74 Å². The van der Waals surface area contributed by atoms with Gasteiger partial charge in [0.15, 0.2) is 11.5 Å². The number of hydrogen-bond acceptors (Lipinski definition) is 6. The van der Waals surface area contributed by atoms with Gasteiger partial charge in [0.25, 0.3) is 0 Å². The summed E-state index contributed by atoms with van der Waals surface area (Å²) in [6.07, 6.45) is 1.63. The highest BCUT2D eigenvalue weighted by Crippen LogP contribution is 2.23. The lowest BCUT2D eigenvalue weighted by Gasteiger charge is -2.04. The van der Waals surface area contributed by atoms with Crippen molar-refractivity contribution < 1.29 is 4.74 Å². The van der Waals surface area contributed by atoms with Crippen molar-refractivity contribution in [1.29, 1.82) is 0 Å². The van der Waals surface area contributed by atoms with Gasteiger partial charge in [0.2, 0.25) is 5.88 Å². The Kier molecular flexibility index (Phi) is 3.32. The number of aromatic nitrogens is 5. The number of thiophene rings is 1. The third-order valence-corrected chi connectivity index (χ3v) is 4.09. The van der Waals surface area contributed by atoms with Gasteiger partial charge in [-0.05, 0) is 45.6 Å². The first-order valence-corrected chi connectivity index (χ1v) is 8.08. The van der Waals surface area contributed by atoms with Crippen LogP contribution in [0.15, 0.2) is 51.9 Å². The summed E-state index contributed by atoms with van der Waals surface area (Å²) in [5.41, 5.74) is 1.65. The molecule has 0 N–H and O–H groups in total. The van der Waals surface area contributed by atoms with Gasteiger partial charge in [-0.1, -0.05) is 0 Å². The van der Waals surface area contributed by atoms with E-state index >= 15 is 0 Å². The van der Waals surface area contributed by atoms with Crippen molar-refractivity contribution in [2.75, 3.05) is 0 Å². The highest BCUT2D eigenvalue weighted by atomic mass is 79.9. The molecule has 0 amide bonds. The third kappa shape index (κ3) is 2.46. The van der Waals surface area contributed by atoms with Crippen molar-refractivity contribution in [3.63, 3.8) is 0 Å². The molecule has 0 saturated heterocycles. The van der Waals surface area contributed by atoms with Crippen LogP contribution in [0.25, 0.3) is 17.0 Å². The van der Waals surface area contributed by atoms with Crippen LogP contribution in [-0.4, -0.2) is 24.8 Å². The van der Waals surface area contributed by atoms with Crippen molar-refractivity contribution >= 4 is 32.9 Å². The molecule has 0 atom stereocenters. The van der Waals surface area contributed by atoms with E-state index in [0.717, 1.165) is 10.2 Å². The zero-order valence-electron chi connectivity index (χ0n) is 11.0. The summed E-state index contributed by atoms with van der Waals surface area (Å²) in [5.74, 6) is 1.75. The SMILES string of the molecule is Brc1ccc(Oc2ccc3nnc(-c4ccsc4)n3n2)cn1. The first kappa shape index (κ1) is 13.4. The first-order chi connectivity index (χ1) is 10.8. The maximum absolute atomic E-state index is 5.71. The molecule has 0 aromatic carbocycles. The van der Waals surface area contributed by atoms with Crippen molar-refractivity contribution in [3.8, 4) is 23.0 Å². The van der Waals surface area contributed by atoms with E-state index in [0.29, 0.717) is 23.1 Å².